The molecule has 9 nitrogen and oxygen atoms in total. The number of carbonyl (C=O) groups excluding carboxylic acids is 1. The first-order chi connectivity index (χ1) is 16.7. The number of nitrogens with zero attached hydrogens (tertiary/aromatic N) is 4. The number of anilines is 2. The summed E-state index contributed by atoms with van der Waals surface area (Å²) in [7, 11) is 3.94. The first-order valence-electron chi connectivity index (χ1n) is 10.4. The topological polar surface area (TPSA) is 116 Å². The Hall–Kier alpha value is -3.24. The maximum absolute atomic E-state index is 12.9. The van der Waals surface area contributed by atoms with Gasteiger partial charge in [0.15, 0.2) is 0 Å². The summed E-state index contributed by atoms with van der Waals surface area (Å²) in [5.74, 6) is -0.0265. The highest BCUT2D eigenvalue weighted by molar-refractivity contribution is 6.34. The number of aromatic amines is 1. The fraction of sp³-hybridized carbons (Fsp3) is 0.174. The van der Waals surface area contributed by atoms with E-state index in [0.29, 0.717) is 45.4 Å². The van der Waals surface area contributed by atoms with Gasteiger partial charge in [0.1, 0.15) is 16.0 Å². The number of likely N-dealkylation sites (N-methyl/N-ethyl adjacent to an activating group) is 1. The minimum atomic E-state index is -0.445. The second kappa shape index (κ2) is 10.6. The van der Waals surface area contributed by atoms with E-state index in [1.165, 1.54) is 12.1 Å². The monoisotopic (exact) mass is 531 g/mol. The lowest BCUT2D eigenvalue weighted by Gasteiger charge is -2.11. The van der Waals surface area contributed by atoms with Crippen LogP contribution in [0.3, 0.4) is 0 Å². The SMILES string of the molecule is CN(C)CCNc1ncc2cc(-c3cc(NC(=O)c4cc(Cl)nc(Cl)c4)ccc3Cl)c(=O)[nH]c2n1. The van der Waals surface area contributed by atoms with Crippen molar-refractivity contribution in [1.82, 2.24) is 24.8 Å². The van der Waals surface area contributed by atoms with Crippen LogP contribution in [0.15, 0.2) is 47.4 Å². The summed E-state index contributed by atoms with van der Waals surface area (Å²) in [5, 5.41) is 7.03. The second-order valence-electron chi connectivity index (χ2n) is 7.89. The van der Waals surface area contributed by atoms with E-state index in [1.54, 1.807) is 30.5 Å². The third-order valence-corrected chi connectivity index (χ3v) is 5.69. The minimum absolute atomic E-state index is 0.0976. The number of amides is 1. The van der Waals surface area contributed by atoms with E-state index in [9.17, 15) is 9.59 Å². The van der Waals surface area contributed by atoms with Crippen molar-refractivity contribution in [2.75, 3.05) is 37.8 Å². The van der Waals surface area contributed by atoms with Crippen molar-refractivity contribution in [2.45, 2.75) is 0 Å². The molecule has 35 heavy (non-hydrogen) atoms. The van der Waals surface area contributed by atoms with Gasteiger partial charge in [-0.1, -0.05) is 34.8 Å². The average molecular weight is 533 g/mol. The van der Waals surface area contributed by atoms with Gasteiger partial charge in [0, 0.05) is 52.1 Å². The molecule has 0 atom stereocenters. The van der Waals surface area contributed by atoms with Crippen LogP contribution in [0.2, 0.25) is 15.3 Å². The fourth-order valence-electron chi connectivity index (χ4n) is 3.28. The number of hydrogen-bond donors (Lipinski definition) is 3. The van der Waals surface area contributed by atoms with Gasteiger partial charge < -0.3 is 20.5 Å². The zero-order valence-corrected chi connectivity index (χ0v) is 21.0. The Morgan fingerprint density at radius 3 is 2.49 bits per heavy atom. The van der Waals surface area contributed by atoms with Crippen LogP contribution in [0.4, 0.5) is 11.6 Å². The lowest BCUT2D eigenvalue weighted by atomic mass is 10.1. The maximum Gasteiger partial charge on any atom is 0.257 e. The summed E-state index contributed by atoms with van der Waals surface area (Å²) in [6.45, 7) is 1.47. The van der Waals surface area contributed by atoms with E-state index in [0.717, 1.165) is 6.54 Å². The van der Waals surface area contributed by atoms with Gasteiger partial charge in [-0.25, -0.2) is 9.97 Å². The molecule has 4 rings (SSSR count). The molecule has 3 heterocycles. The Bertz CT molecular complexity index is 1450. The third-order valence-electron chi connectivity index (χ3n) is 4.98. The summed E-state index contributed by atoms with van der Waals surface area (Å²) < 4.78 is 0. The summed E-state index contributed by atoms with van der Waals surface area (Å²) in [6.07, 6.45) is 1.62. The van der Waals surface area contributed by atoms with E-state index >= 15 is 0 Å². The summed E-state index contributed by atoms with van der Waals surface area (Å²) >= 11 is 18.2. The van der Waals surface area contributed by atoms with Crippen LogP contribution in [0, 0.1) is 0 Å². The quantitative estimate of drug-likeness (QED) is 0.299. The minimum Gasteiger partial charge on any atom is -0.353 e. The molecule has 0 aliphatic rings. The number of halogens is 3. The number of aromatic nitrogens is 4. The molecule has 3 N–H and O–H groups in total. The highest BCUT2D eigenvalue weighted by Crippen LogP contribution is 2.30. The number of pyridine rings is 2. The zero-order valence-electron chi connectivity index (χ0n) is 18.7. The van der Waals surface area contributed by atoms with Crippen molar-refractivity contribution in [2.24, 2.45) is 0 Å². The largest absolute Gasteiger partial charge is 0.353 e. The van der Waals surface area contributed by atoms with E-state index in [2.05, 4.69) is 30.6 Å². The van der Waals surface area contributed by atoms with Crippen molar-refractivity contribution in [3.05, 3.63) is 73.8 Å². The van der Waals surface area contributed by atoms with Crippen LogP contribution in [-0.4, -0.2) is 57.9 Å². The summed E-state index contributed by atoms with van der Waals surface area (Å²) in [5.41, 5.74) is 1.43. The van der Waals surface area contributed by atoms with Crippen LogP contribution in [0.5, 0.6) is 0 Å². The molecule has 0 radical (unpaired) electrons. The van der Waals surface area contributed by atoms with E-state index < -0.39 is 5.91 Å². The molecule has 0 saturated heterocycles. The predicted octanol–water partition coefficient (Wildman–Crippen LogP) is 4.57. The van der Waals surface area contributed by atoms with E-state index in [4.69, 9.17) is 34.8 Å². The fourth-order valence-corrected chi connectivity index (χ4v) is 3.96. The van der Waals surface area contributed by atoms with Gasteiger partial charge in [0.2, 0.25) is 5.95 Å². The molecule has 180 valence electrons. The van der Waals surface area contributed by atoms with Gasteiger partial charge in [0.25, 0.3) is 11.5 Å². The average Bonchev–Trinajstić information content (AvgIpc) is 2.79. The van der Waals surface area contributed by atoms with Crippen LogP contribution >= 0.6 is 34.8 Å². The van der Waals surface area contributed by atoms with Crippen LogP contribution < -0.4 is 16.2 Å². The number of carbonyl (C=O) groups is 1. The second-order valence-corrected chi connectivity index (χ2v) is 9.07. The van der Waals surface area contributed by atoms with E-state index in [-0.39, 0.29) is 21.4 Å². The van der Waals surface area contributed by atoms with E-state index in [1.807, 2.05) is 19.0 Å². The number of hydrogen-bond acceptors (Lipinski definition) is 7. The molecule has 0 saturated carbocycles. The molecule has 0 aliphatic carbocycles. The number of H-pyrrole nitrogens is 1. The molecule has 4 aromatic rings. The Balaban J connectivity index is 1.62. The van der Waals surface area contributed by atoms with Crippen molar-refractivity contribution in [3.8, 4) is 11.1 Å². The molecule has 12 heteroatoms. The highest BCUT2D eigenvalue weighted by Gasteiger charge is 2.14. The molecular formula is C23H20Cl3N7O2. The standard InChI is InChI=1S/C23H20Cl3N7O2/c1-33(2)6-5-27-23-28-11-13-7-16(22(35)31-20(13)32-23)15-10-14(3-4-17(15)24)29-21(34)12-8-18(25)30-19(26)9-12/h3-4,7-11H,5-6H2,1-2H3,(H,29,34)(H2,27,28,31,32,35). The van der Waals surface area contributed by atoms with Crippen molar-refractivity contribution in [3.63, 3.8) is 0 Å². The van der Waals surface area contributed by atoms with Crippen LogP contribution in [0.1, 0.15) is 10.4 Å². The maximum atomic E-state index is 12.9. The first-order valence-corrected chi connectivity index (χ1v) is 11.6. The molecule has 0 unspecified atom stereocenters. The lowest BCUT2D eigenvalue weighted by Crippen LogP contribution is -2.21. The van der Waals surface area contributed by atoms with Gasteiger partial charge in [-0.05, 0) is 50.5 Å². The van der Waals surface area contributed by atoms with Gasteiger partial charge in [-0.3, -0.25) is 9.59 Å². The molecule has 1 aromatic carbocycles. The Kier molecular flexibility index (Phi) is 7.51. The molecule has 1 amide bonds. The van der Waals surface area contributed by atoms with Gasteiger partial charge >= 0.3 is 0 Å². The Labute approximate surface area is 215 Å². The first kappa shape index (κ1) is 24.9. The lowest BCUT2D eigenvalue weighted by molar-refractivity contribution is 0.102. The van der Waals surface area contributed by atoms with Crippen LogP contribution in [-0.2, 0) is 0 Å². The number of rotatable bonds is 7. The third kappa shape index (κ3) is 6.07. The van der Waals surface area contributed by atoms with Crippen molar-refractivity contribution >= 4 is 63.4 Å². The Morgan fingerprint density at radius 2 is 1.77 bits per heavy atom. The smallest absolute Gasteiger partial charge is 0.257 e. The number of benzene rings is 1. The van der Waals surface area contributed by atoms with Gasteiger partial charge in [-0.15, -0.1) is 0 Å². The molecule has 0 bridgehead atoms. The summed E-state index contributed by atoms with van der Waals surface area (Å²) in [4.78, 5) is 42.9. The zero-order chi connectivity index (χ0) is 25.1. The highest BCUT2D eigenvalue weighted by atomic mass is 35.5. The van der Waals surface area contributed by atoms with Crippen LogP contribution in [0.25, 0.3) is 22.2 Å². The molecule has 3 aromatic heterocycles. The summed E-state index contributed by atoms with van der Waals surface area (Å²) in [6, 6.07) is 9.29. The van der Waals surface area contributed by atoms with Gasteiger partial charge in [-0.2, -0.15) is 4.98 Å². The predicted molar refractivity (Wildman–Crippen MR) is 140 cm³/mol. The van der Waals surface area contributed by atoms with Crippen molar-refractivity contribution in [1.29, 1.82) is 0 Å². The van der Waals surface area contributed by atoms with Crippen molar-refractivity contribution < 1.29 is 4.79 Å². The molecule has 0 spiro atoms. The number of nitrogens with one attached hydrogen (secondary N) is 3. The molecule has 0 fully saturated rings. The normalized spacial score (nSPS) is 11.1. The van der Waals surface area contributed by atoms with Gasteiger partial charge in [0.05, 0.1) is 0 Å². The molecule has 0 aliphatic heterocycles. The molecular weight excluding hydrogens is 513 g/mol. The Morgan fingerprint density at radius 1 is 1.03 bits per heavy atom. The number of fused-ring (bicyclic) bond motifs is 1.